The molecule has 0 amide bonds. The fraction of sp³-hybridized carbons (Fsp3) is 0.611. The van der Waals surface area contributed by atoms with Gasteiger partial charge in [-0.2, -0.15) is 0 Å². The summed E-state index contributed by atoms with van der Waals surface area (Å²) in [6.45, 7) is 7.59. The van der Waals surface area contributed by atoms with E-state index in [2.05, 4.69) is 25.1 Å². The molecule has 3 nitrogen and oxygen atoms in total. The van der Waals surface area contributed by atoms with Crippen molar-refractivity contribution in [3.8, 4) is 11.7 Å². The highest BCUT2D eigenvalue weighted by Gasteiger charge is 2.49. The summed E-state index contributed by atoms with van der Waals surface area (Å²) < 4.78 is 20.1. The molecule has 1 aromatic rings. The van der Waals surface area contributed by atoms with E-state index in [1.807, 2.05) is 38.1 Å². The van der Waals surface area contributed by atoms with Crippen LogP contribution in [0.4, 0.5) is 4.39 Å². The fourth-order valence-electron chi connectivity index (χ4n) is 3.87. The Morgan fingerprint density at radius 1 is 1.30 bits per heavy atom. The summed E-state index contributed by atoms with van der Waals surface area (Å²) in [6, 6.07) is 7.67. The molecule has 0 aliphatic carbocycles. The second kappa shape index (κ2) is 6.53. The molecule has 5 heteroatoms. The molecular formula is C18H26BFN2O. The Kier molecular flexibility index (Phi) is 5.06. The second-order valence-corrected chi connectivity index (χ2v) is 7.79. The first-order valence-corrected chi connectivity index (χ1v) is 8.14. The van der Waals surface area contributed by atoms with Gasteiger partial charge in [0.15, 0.2) is 0 Å². The van der Waals surface area contributed by atoms with E-state index in [0.29, 0.717) is 12.7 Å². The van der Waals surface area contributed by atoms with Crippen LogP contribution in [-0.4, -0.2) is 31.1 Å². The van der Waals surface area contributed by atoms with Gasteiger partial charge < -0.3 is 10.1 Å². The van der Waals surface area contributed by atoms with Crippen LogP contribution < -0.4 is 10.1 Å². The van der Waals surface area contributed by atoms with Gasteiger partial charge in [-0.1, -0.05) is 17.7 Å². The predicted octanol–water partition coefficient (Wildman–Crippen LogP) is 3.59. The van der Waals surface area contributed by atoms with Crippen LogP contribution in [-0.2, 0) is 6.32 Å². The SMILES string of the molecule is COc1ccc(CB(C#N)C2CC(C)(C)NC(C)(C)C2F)cc1. The van der Waals surface area contributed by atoms with E-state index < -0.39 is 11.7 Å². The molecule has 2 atom stereocenters. The molecular weight excluding hydrogens is 290 g/mol. The quantitative estimate of drug-likeness (QED) is 0.863. The van der Waals surface area contributed by atoms with Crippen LogP contribution in [0.5, 0.6) is 5.75 Å². The Morgan fingerprint density at radius 2 is 1.91 bits per heavy atom. The van der Waals surface area contributed by atoms with E-state index >= 15 is 0 Å². The normalized spacial score (nSPS) is 25.4. The van der Waals surface area contributed by atoms with Crippen LogP contribution in [0.15, 0.2) is 24.3 Å². The van der Waals surface area contributed by atoms with Gasteiger partial charge in [0.25, 0.3) is 6.71 Å². The summed E-state index contributed by atoms with van der Waals surface area (Å²) in [6.07, 6.45) is 0.183. The fourth-order valence-corrected chi connectivity index (χ4v) is 3.87. The zero-order valence-electron chi connectivity index (χ0n) is 14.7. The van der Waals surface area contributed by atoms with Gasteiger partial charge in [0, 0.05) is 17.0 Å². The number of rotatable bonds is 4. The molecule has 1 saturated heterocycles. The standard InChI is InChI=1S/C18H26BFN2O/c1-17(2)10-15(16(20)18(3,4)22-17)19(12-21)11-13-6-8-14(23-5)9-7-13/h6-9,15-16,22H,10-11H2,1-5H3. The number of hydrogen-bond acceptors (Lipinski definition) is 3. The smallest absolute Gasteiger partial charge is 0.278 e. The van der Waals surface area contributed by atoms with Crippen molar-refractivity contribution in [2.45, 2.75) is 63.5 Å². The second-order valence-electron chi connectivity index (χ2n) is 7.79. The average molecular weight is 316 g/mol. The highest BCUT2D eigenvalue weighted by molar-refractivity contribution is 6.68. The summed E-state index contributed by atoms with van der Waals surface area (Å²) in [7, 11) is 1.62. The average Bonchev–Trinajstić information content (AvgIpc) is 2.48. The molecule has 1 aliphatic heterocycles. The van der Waals surface area contributed by atoms with Crippen LogP contribution >= 0.6 is 0 Å². The first kappa shape index (κ1) is 17.8. The molecule has 1 fully saturated rings. The molecule has 0 bridgehead atoms. The van der Waals surface area contributed by atoms with Crippen molar-refractivity contribution in [1.29, 1.82) is 5.26 Å². The van der Waals surface area contributed by atoms with Crippen LogP contribution in [0.1, 0.15) is 39.7 Å². The Hall–Kier alpha value is -1.54. The highest BCUT2D eigenvalue weighted by atomic mass is 19.1. The molecule has 23 heavy (non-hydrogen) atoms. The molecule has 1 aliphatic rings. The lowest BCUT2D eigenvalue weighted by Gasteiger charge is -2.49. The molecule has 1 aromatic carbocycles. The first-order valence-electron chi connectivity index (χ1n) is 8.14. The van der Waals surface area contributed by atoms with Crippen molar-refractivity contribution in [3.63, 3.8) is 0 Å². The van der Waals surface area contributed by atoms with Crippen LogP contribution in [0, 0.1) is 11.2 Å². The Bertz CT molecular complexity index is 580. The summed E-state index contributed by atoms with van der Waals surface area (Å²) in [5, 5.41) is 13.0. The molecule has 2 rings (SSSR count). The van der Waals surface area contributed by atoms with Crippen molar-refractivity contribution in [2.75, 3.05) is 7.11 Å². The van der Waals surface area contributed by atoms with E-state index in [0.717, 1.165) is 11.3 Å². The third-order valence-electron chi connectivity index (χ3n) is 4.77. The number of benzene rings is 1. The van der Waals surface area contributed by atoms with Gasteiger partial charge in [0.05, 0.1) is 7.11 Å². The lowest BCUT2D eigenvalue weighted by Crippen LogP contribution is -2.64. The number of nitriles is 1. The largest absolute Gasteiger partial charge is 0.497 e. The summed E-state index contributed by atoms with van der Waals surface area (Å²) in [5.74, 6) is 2.87. The number of methoxy groups -OCH3 is 1. The highest BCUT2D eigenvalue weighted by Crippen LogP contribution is 2.41. The zero-order chi connectivity index (χ0) is 17.3. The van der Waals surface area contributed by atoms with Crippen molar-refractivity contribution >= 4 is 6.71 Å². The van der Waals surface area contributed by atoms with Crippen molar-refractivity contribution in [3.05, 3.63) is 29.8 Å². The minimum Gasteiger partial charge on any atom is -0.497 e. The van der Waals surface area contributed by atoms with E-state index in [1.165, 1.54) is 0 Å². The van der Waals surface area contributed by atoms with Crippen LogP contribution in [0.2, 0.25) is 5.82 Å². The Balaban J connectivity index is 2.20. The number of halogens is 1. The van der Waals surface area contributed by atoms with Gasteiger partial charge in [-0.3, -0.25) is 0 Å². The van der Waals surface area contributed by atoms with E-state index in [9.17, 15) is 9.65 Å². The maximum atomic E-state index is 15.0. The maximum absolute atomic E-state index is 15.0. The molecule has 124 valence electrons. The van der Waals surface area contributed by atoms with Crippen molar-refractivity contribution < 1.29 is 9.13 Å². The third-order valence-corrected chi connectivity index (χ3v) is 4.77. The van der Waals surface area contributed by atoms with Gasteiger partial charge in [-0.25, -0.2) is 9.65 Å². The molecule has 2 unspecified atom stereocenters. The van der Waals surface area contributed by atoms with Crippen LogP contribution in [0.3, 0.4) is 0 Å². The first-order chi connectivity index (χ1) is 10.7. The summed E-state index contributed by atoms with van der Waals surface area (Å²) in [5.41, 5.74) is 0.242. The molecule has 0 saturated carbocycles. The summed E-state index contributed by atoms with van der Waals surface area (Å²) >= 11 is 0. The number of nitrogens with one attached hydrogen (secondary N) is 1. The number of piperidine rings is 1. The van der Waals surface area contributed by atoms with Crippen molar-refractivity contribution in [2.24, 2.45) is 0 Å². The third kappa shape index (κ3) is 4.06. The van der Waals surface area contributed by atoms with Gasteiger partial charge in [0.2, 0.25) is 0 Å². The van der Waals surface area contributed by atoms with E-state index in [1.54, 1.807) is 7.11 Å². The van der Waals surface area contributed by atoms with Gasteiger partial charge in [-0.05, 0) is 58.4 Å². The maximum Gasteiger partial charge on any atom is 0.278 e. The molecule has 0 aromatic heterocycles. The van der Waals surface area contributed by atoms with E-state index in [4.69, 9.17) is 4.74 Å². The lowest BCUT2D eigenvalue weighted by molar-refractivity contribution is 0.0767. The van der Waals surface area contributed by atoms with Crippen molar-refractivity contribution in [1.82, 2.24) is 5.32 Å². The monoisotopic (exact) mass is 316 g/mol. The minimum absolute atomic E-state index is 0.175. The molecule has 0 spiro atoms. The zero-order valence-corrected chi connectivity index (χ0v) is 14.7. The molecule has 0 radical (unpaired) electrons. The van der Waals surface area contributed by atoms with Crippen LogP contribution in [0.25, 0.3) is 0 Å². The number of ether oxygens (including phenoxy) is 1. The Labute approximate surface area is 139 Å². The molecule has 1 N–H and O–H groups in total. The molecule has 1 heterocycles. The topological polar surface area (TPSA) is 45.0 Å². The summed E-state index contributed by atoms with van der Waals surface area (Å²) in [4.78, 5) is 0. The number of alkyl halides is 1. The number of nitrogens with zero attached hydrogens (tertiary/aromatic N) is 1. The van der Waals surface area contributed by atoms with Gasteiger partial charge in [0.1, 0.15) is 11.9 Å². The van der Waals surface area contributed by atoms with E-state index in [-0.39, 0.29) is 18.1 Å². The Morgan fingerprint density at radius 3 is 2.43 bits per heavy atom. The van der Waals surface area contributed by atoms with Gasteiger partial charge >= 0.3 is 0 Å². The predicted molar refractivity (Wildman–Crippen MR) is 92.6 cm³/mol. The number of hydrogen-bond donors (Lipinski definition) is 1. The van der Waals surface area contributed by atoms with Gasteiger partial charge in [-0.15, -0.1) is 0 Å². The lowest BCUT2D eigenvalue weighted by atomic mass is 9.35. The minimum atomic E-state index is -1.04.